The summed E-state index contributed by atoms with van der Waals surface area (Å²) in [6.07, 6.45) is 5.28. The molecule has 3 rings (SSSR count). The lowest BCUT2D eigenvalue weighted by Crippen LogP contribution is -2.40. The van der Waals surface area contributed by atoms with Gasteiger partial charge in [-0.3, -0.25) is 9.59 Å². The molecule has 6 nitrogen and oxygen atoms in total. The van der Waals surface area contributed by atoms with Gasteiger partial charge in [-0.15, -0.1) is 0 Å². The van der Waals surface area contributed by atoms with Crippen LogP contribution in [-0.2, 0) is 16.1 Å². The van der Waals surface area contributed by atoms with Crippen LogP contribution in [0, 0.1) is 11.7 Å². The van der Waals surface area contributed by atoms with Gasteiger partial charge in [0.15, 0.2) is 0 Å². The monoisotopic (exact) mass is 330 g/mol. The number of carbonyl (C=O) groups is 2. The zero-order valence-electron chi connectivity index (χ0n) is 13.4. The number of imidazole rings is 1. The topological polar surface area (TPSA) is 67.2 Å². The van der Waals surface area contributed by atoms with E-state index in [4.69, 9.17) is 0 Å². The second-order valence-corrected chi connectivity index (χ2v) is 6.03. The van der Waals surface area contributed by atoms with Crippen LogP contribution >= 0.6 is 0 Å². The van der Waals surface area contributed by atoms with Gasteiger partial charge < -0.3 is 14.8 Å². The molecule has 1 aromatic carbocycles. The van der Waals surface area contributed by atoms with Crippen molar-refractivity contribution in [2.45, 2.75) is 25.9 Å². The summed E-state index contributed by atoms with van der Waals surface area (Å²) < 4.78 is 15.7. The van der Waals surface area contributed by atoms with Gasteiger partial charge in [0.25, 0.3) is 0 Å². The van der Waals surface area contributed by atoms with Crippen LogP contribution in [0.4, 0.5) is 10.1 Å². The van der Waals surface area contributed by atoms with Crippen LogP contribution in [-0.4, -0.2) is 34.0 Å². The number of para-hydroxylation sites is 1. The number of hydrogen-bond acceptors (Lipinski definition) is 3. The highest BCUT2D eigenvalue weighted by Gasteiger charge is 2.36. The van der Waals surface area contributed by atoms with E-state index in [9.17, 15) is 14.0 Å². The van der Waals surface area contributed by atoms with Crippen LogP contribution < -0.4 is 10.2 Å². The Kier molecular flexibility index (Phi) is 4.59. The van der Waals surface area contributed by atoms with Gasteiger partial charge in [0.1, 0.15) is 5.82 Å². The van der Waals surface area contributed by atoms with Crippen LogP contribution in [0.25, 0.3) is 0 Å². The van der Waals surface area contributed by atoms with Crippen molar-refractivity contribution in [1.82, 2.24) is 14.9 Å². The number of nitrogens with zero attached hydrogens (tertiary/aromatic N) is 3. The van der Waals surface area contributed by atoms with Crippen LogP contribution in [0.2, 0.25) is 0 Å². The molecule has 7 heteroatoms. The van der Waals surface area contributed by atoms with E-state index < -0.39 is 11.7 Å². The highest BCUT2D eigenvalue weighted by atomic mass is 19.1. The maximum Gasteiger partial charge on any atom is 0.227 e. The van der Waals surface area contributed by atoms with E-state index in [1.54, 1.807) is 30.7 Å². The van der Waals surface area contributed by atoms with Gasteiger partial charge in [-0.1, -0.05) is 12.1 Å². The van der Waals surface area contributed by atoms with E-state index in [2.05, 4.69) is 10.3 Å². The number of carbonyl (C=O) groups excluding carboxylic acids is 2. The summed E-state index contributed by atoms with van der Waals surface area (Å²) in [6, 6.07) is 6.01. The third-order valence-electron chi connectivity index (χ3n) is 4.07. The second-order valence-electron chi connectivity index (χ2n) is 6.03. The zero-order valence-corrected chi connectivity index (χ0v) is 13.4. The number of amides is 2. The Morgan fingerprint density at radius 1 is 1.46 bits per heavy atom. The molecule has 0 radical (unpaired) electrons. The van der Waals surface area contributed by atoms with Crippen molar-refractivity contribution in [1.29, 1.82) is 0 Å². The summed E-state index contributed by atoms with van der Waals surface area (Å²) in [5, 5.41) is 2.91. The Balaban J connectivity index is 1.61. The lowest BCUT2D eigenvalue weighted by Gasteiger charge is -2.19. The first-order chi connectivity index (χ1) is 11.5. The first kappa shape index (κ1) is 16.2. The predicted octanol–water partition coefficient (Wildman–Crippen LogP) is 1.58. The van der Waals surface area contributed by atoms with E-state index in [1.165, 1.54) is 11.0 Å². The number of hydrogen-bond donors (Lipinski definition) is 1. The molecule has 1 fully saturated rings. The highest BCUT2D eigenvalue weighted by Crippen LogP contribution is 2.27. The average Bonchev–Trinajstić information content (AvgIpc) is 3.17. The second kappa shape index (κ2) is 6.82. The lowest BCUT2D eigenvalue weighted by atomic mass is 10.1. The average molecular weight is 330 g/mol. The summed E-state index contributed by atoms with van der Waals surface area (Å²) in [4.78, 5) is 29.8. The minimum Gasteiger partial charge on any atom is -0.352 e. The van der Waals surface area contributed by atoms with Crippen molar-refractivity contribution >= 4 is 17.5 Å². The summed E-state index contributed by atoms with van der Waals surface area (Å²) in [5.41, 5.74) is 0.226. The standard InChI is InChI=1S/C17H19FN4O2/c1-12(9-21-7-6-19-11-21)20-17(24)13-8-16(23)22(10-13)15-5-3-2-4-14(15)18/h2-7,11-13H,8-10H2,1H3,(H,20,24). The van der Waals surface area contributed by atoms with Gasteiger partial charge in [-0.05, 0) is 19.1 Å². The number of aromatic nitrogens is 2. The van der Waals surface area contributed by atoms with Crippen molar-refractivity contribution in [3.63, 3.8) is 0 Å². The fourth-order valence-electron chi connectivity index (χ4n) is 2.90. The van der Waals surface area contributed by atoms with Crippen molar-refractivity contribution in [2.75, 3.05) is 11.4 Å². The highest BCUT2D eigenvalue weighted by molar-refractivity contribution is 6.00. The summed E-state index contributed by atoms with van der Waals surface area (Å²) in [7, 11) is 0. The number of rotatable bonds is 5. The molecule has 2 amide bonds. The summed E-state index contributed by atoms with van der Waals surface area (Å²) in [6.45, 7) is 2.69. The summed E-state index contributed by atoms with van der Waals surface area (Å²) >= 11 is 0. The minimum absolute atomic E-state index is 0.0932. The Bertz CT molecular complexity index is 732. The van der Waals surface area contributed by atoms with Gasteiger partial charge in [-0.2, -0.15) is 0 Å². The molecule has 2 aromatic rings. The molecular formula is C17H19FN4O2. The summed E-state index contributed by atoms with van der Waals surface area (Å²) in [5.74, 6) is -1.35. The molecule has 1 saturated heterocycles. The van der Waals surface area contributed by atoms with Crippen LogP contribution in [0.1, 0.15) is 13.3 Å². The molecule has 0 aliphatic carbocycles. The lowest BCUT2D eigenvalue weighted by molar-refractivity contribution is -0.126. The van der Waals surface area contributed by atoms with E-state index in [0.29, 0.717) is 6.54 Å². The van der Waals surface area contributed by atoms with E-state index >= 15 is 0 Å². The minimum atomic E-state index is -0.470. The van der Waals surface area contributed by atoms with Crippen molar-refractivity contribution in [3.05, 3.63) is 48.8 Å². The van der Waals surface area contributed by atoms with Crippen molar-refractivity contribution < 1.29 is 14.0 Å². The van der Waals surface area contributed by atoms with Crippen molar-refractivity contribution in [2.24, 2.45) is 5.92 Å². The van der Waals surface area contributed by atoms with Crippen LogP contribution in [0.15, 0.2) is 43.0 Å². The molecule has 0 spiro atoms. The predicted molar refractivity (Wildman–Crippen MR) is 86.7 cm³/mol. The Morgan fingerprint density at radius 2 is 2.25 bits per heavy atom. The van der Waals surface area contributed by atoms with Gasteiger partial charge >= 0.3 is 0 Å². The Morgan fingerprint density at radius 3 is 2.96 bits per heavy atom. The maximum atomic E-state index is 13.9. The van der Waals surface area contributed by atoms with Crippen molar-refractivity contribution in [3.8, 4) is 0 Å². The van der Waals surface area contributed by atoms with Crippen LogP contribution in [0.5, 0.6) is 0 Å². The Hall–Kier alpha value is -2.70. The SMILES string of the molecule is CC(Cn1ccnc1)NC(=O)C1CC(=O)N(c2ccccc2F)C1. The van der Waals surface area contributed by atoms with Gasteiger partial charge in [0.05, 0.1) is 17.9 Å². The molecule has 0 saturated carbocycles. The quantitative estimate of drug-likeness (QED) is 0.905. The van der Waals surface area contributed by atoms with Gasteiger partial charge in [0.2, 0.25) is 11.8 Å². The number of benzene rings is 1. The van der Waals surface area contributed by atoms with E-state index in [-0.39, 0.29) is 36.5 Å². The van der Waals surface area contributed by atoms with Crippen LogP contribution in [0.3, 0.4) is 0 Å². The van der Waals surface area contributed by atoms with E-state index in [1.807, 2.05) is 17.7 Å². The third-order valence-corrected chi connectivity index (χ3v) is 4.07. The molecule has 126 valence electrons. The zero-order chi connectivity index (χ0) is 17.1. The molecular weight excluding hydrogens is 311 g/mol. The number of halogens is 1. The Labute approximate surface area is 139 Å². The third kappa shape index (κ3) is 3.45. The van der Waals surface area contributed by atoms with Gasteiger partial charge in [0, 0.05) is 37.9 Å². The molecule has 2 atom stereocenters. The first-order valence-electron chi connectivity index (χ1n) is 7.85. The maximum absolute atomic E-state index is 13.9. The molecule has 2 heterocycles. The first-order valence-corrected chi connectivity index (χ1v) is 7.85. The smallest absolute Gasteiger partial charge is 0.227 e. The number of nitrogens with one attached hydrogen (secondary N) is 1. The molecule has 2 unspecified atom stereocenters. The largest absolute Gasteiger partial charge is 0.352 e. The molecule has 1 aliphatic rings. The molecule has 0 bridgehead atoms. The fourth-order valence-corrected chi connectivity index (χ4v) is 2.90. The molecule has 1 aliphatic heterocycles. The van der Waals surface area contributed by atoms with Gasteiger partial charge in [-0.25, -0.2) is 9.37 Å². The molecule has 24 heavy (non-hydrogen) atoms. The van der Waals surface area contributed by atoms with E-state index in [0.717, 1.165) is 0 Å². The molecule has 1 aromatic heterocycles. The normalized spacial score (nSPS) is 18.7. The number of anilines is 1. The molecule has 1 N–H and O–H groups in total. The fraction of sp³-hybridized carbons (Fsp3) is 0.353.